The molecule has 0 fully saturated rings. The van der Waals surface area contributed by atoms with Crippen LogP contribution in [0.4, 0.5) is 0 Å². The molecule has 0 bridgehead atoms. The molecule has 0 saturated heterocycles. The van der Waals surface area contributed by atoms with Gasteiger partial charge in [-0.2, -0.15) is 0 Å². The van der Waals surface area contributed by atoms with E-state index >= 15 is 0 Å². The third-order valence-corrected chi connectivity index (χ3v) is 2.09. The monoisotopic (exact) mass is 439 g/mol. The van der Waals surface area contributed by atoms with E-state index in [1.807, 2.05) is 13.0 Å². The van der Waals surface area contributed by atoms with Crippen LogP contribution < -0.4 is 0 Å². The van der Waals surface area contributed by atoms with Crippen molar-refractivity contribution in [1.29, 1.82) is 0 Å². The van der Waals surface area contributed by atoms with E-state index < -0.39 is 5.97 Å². The van der Waals surface area contributed by atoms with E-state index in [0.29, 0.717) is 11.1 Å². The topological polar surface area (TPSA) is 52.1 Å². The SMILES string of the molecule is COC(=O)c1cc(C)cc2[c-]ncnc12.[U]. The summed E-state index contributed by atoms with van der Waals surface area (Å²) in [7, 11) is 1.35. The minimum Gasteiger partial charge on any atom is -0.466 e. The number of carbonyl (C=O) groups is 1. The van der Waals surface area contributed by atoms with Crippen molar-refractivity contribution >= 4 is 16.9 Å². The van der Waals surface area contributed by atoms with Gasteiger partial charge in [0.1, 0.15) is 0 Å². The zero-order valence-corrected chi connectivity index (χ0v) is 13.1. The van der Waals surface area contributed by atoms with E-state index in [2.05, 4.69) is 20.9 Å². The van der Waals surface area contributed by atoms with Crippen LogP contribution in [0.5, 0.6) is 0 Å². The van der Waals surface area contributed by atoms with Crippen LogP contribution >= 0.6 is 0 Å². The van der Waals surface area contributed by atoms with Gasteiger partial charge in [0.2, 0.25) is 0 Å². The van der Waals surface area contributed by atoms with Crippen molar-refractivity contribution in [2.75, 3.05) is 7.11 Å². The Morgan fingerprint density at radius 3 is 2.88 bits per heavy atom. The van der Waals surface area contributed by atoms with Crippen LogP contribution in [0, 0.1) is 44.2 Å². The minimum atomic E-state index is -0.393. The summed E-state index contributed by atoms with van der Waals surface area (Å²) in [6.07, 6.45) is 4.16. The Hall–Kier alpha value is -0.918. The standard InChI is InChI=1S/C11H9N2O2.U/c1-7-3-8-5-12-6-13-10(8)9(4-7)11(14)15-2;/h3-4,6H,1-2H3;/q-1;. The second-order valence-electron chi connectivity index (χ2n) is 3.19. The predicted molar refractivity (Wildman–Crippen MR) is 54.5 cm³/mol. The normalized spacial score (nSPS) is 9.62. The number of nitrogens with zero attached hydrogens (tertiary/aromatic N) is 2. The minimum absolute atomic E-state index is 0. The molecule has 0 atom stereocenters. The van der Waals surface area contributed by atoms with Gasteiger partial charge in [-0.15, -0.1) is 11.5 Å². The first-order valence-corrected chi connectivity index (χ1v) is 4.43. The summed E-state index contributed by atoms with van der Waals surface area (Å²) < 4.78 is 4.69. The van der Waals surface area contributed by atoms with Crippen molar-refractivity contribution in [1.82, 2.24) is 9.97 Å². The molecular formula is C11H9N2O2U-. The number of benzene rings is 1. The molecule has 0 saturated carbocycles. The first-order chi connectivity index (χ1) is 7.22. The molecule has 0 aliphatic heterocycles. The molecule has 1 heterocycles. The Balaban J connectivity index is 0.00000128. The Bertz CT molecular complexity index is 528. The fraction of sp³-hybridized carbons (Fsp3) is 0.182. The zero-order chi connectivity index (χ0) is 10.8. The maximum absolute atomic E-state index is 11.5. The number of aromatic nitrogens is 2. The van der Waals surface area contributed by atoms with E-state index in [1.165, 1.54) is 13.4 Å². The largest absolute Gasteiger partial charge is 0.466 e. The van der Waals surface area contributed by atoms with Gasteiger partial charge < -0.3 is 14.7 Å². The third-order valence-electron chi connectivity index (χ3n) is 2.09. The summed E-state index contributed by atoms with van der Waals surface area (Å²) >= 11 is 0. The molecule has 5 heteroatoms. The molecule has 0 N–H and O–H groups in total. The van der Waals surface area contributed by atoms with Gasteiger partial charge in [-0.1, -0.05) is 11.6 Å². The van der Waals surface area contributed by atoms with E-state index in [0.717, 1.165) is 10.9 Å². The smallest absolute Gasteiger partial charge is 0.330 e. The van der Waals surface area contributed by atoms with Crippen LogP contribution in [-0.2, 0) is 4.74 Å². The van der Waals surface area contributed by atoms with Crippen LogP contribution in [0.3, 0.4) is 0 Å². The Morgan fingerprint density at radius 2 is 2.19 bits per heavy atom. The first-order valence-electron chi connectivity index (χ1n) is 4.43. The van der Waals surface area contributed by atoms with Gasteiger partial charge in [-0.05, 0) is 18.6 Å². The summed E-state index contributed by atoms with van der Waals surface area (Å²) in [5.41, 5.74) is 1.97. The van der Waals surface area contributed by atoms with Crippen molar-refractivity contribution in [2.45, 2.75) is 6.92 Å². The molecule has 0 spiro atoms. The summed E-state index contributed by atoms with van der Waals surface area (Å²) in [6, 6.07) is 3.62. The van der Waals surface area contributed by atoms with Crippen LogP contribution in [0.15, 0.2) is 18.5 Å². The van der Waals surface area contributed by atoms with E-state index in [4.69, 9.17) is 0 Å². The predicted octanol–water partition coefficient (Wildman–Crippen LogP) is 1.53. The number of esters is 1. The van der Waals surface area contributed by atoms with Crippen molar-refractivity contribution in [3.8, 4) is 0 Å². The van der Waals surface area contributed by atoms with Gasteiger partial charge in [0, 0.05) is 43.0 Å². The maximum atomic E-state index is 11.5. The van der Waals surface area contributed by atoms with Gasteiger partial charge in [-0.3, -0.25) is 0 Å². The van der Waals surface area contributed by atoms with Crippen LogP contribution in [-0.4, -0.2) is 23.0 Å². The number of carbonyl (C=O) groups excluding carboxylic acids is 1. The number of ether oxygens (including phenoxy) is 1. The van der Waals surface area contributed by atoms with Crippen LogP contribution in [0.2, 0.25) is 0 Å². The summed E-state index contributed by atoms with van der Waals surface area (Å²) in [5, 5.41) is 0.720. The van der Waals surface area contributed by atoms with Gasteiger partial charge in [-0.25, -0.2) is 4.79 Å². The van der Waals surface area contributed by atoms with Gasteiger partial charge in [0.25, 0.3) is 0 Å². The number of hydrogen-bond donors (Lipinski definition) is 0. The molecule has 0 amide bonds. The van der Waals surface area contributed by atoms with Crippen molar-refractivity contribution < 1.29 is 40.6 Å². The molecular weight excluding hydrogens is 430 g/mol. The molecule has 2 aromatic rings. The molecule has 0 unspecified atom stereocenters. The fourth-order valence-electron chi connectivity index (χ4n) is 1.45. The number of fused-ring (bicyclic) bond motifs is 1. The quantitative estimate of drug-likeness (QED) is 0.500. The van der Waals surface area contributed by atoms with Crippen molar-refractivity contribution in [2.24, 2.45) is 0 Å². The van der Waals surface area contributed by atoms with E-state index in [-0.39, 0.29) is 31.1 Å². The van der Waals surface area contributed by atoms with E-state index in [1.54, 1.807) is 6.07 Å². The number of methoxy groups -OCH3 is 1. The zero-order valence-electron chi connectivity index (χ0n) is 8.94. The molecule has 0 aliphatic rings. The van der Waals surface area contributed by atoms with Gasteiger partial charge in [0.05, 0.1) is 7.11 Å². The van der Waals surface area contributed by atoms with Crippen molar-refractivity contribution in [3.05, 3.63) is 35.8 Å². The molecule has 16 heavy (non-hydrogen) atoms. The molecule has 0 radical (unpaired) electrons. The molecule has 80 valence electrons. The third kappa shape index (κ3) is 2.42. The summed E-state index contributed by atoms with van der Waals surface area (Å²) in [4.78, 5) is 19.3. The van der Waals surface area contributed by atoms with Gasteiger partial charge in [0.15, 0.2) is 0 Å². The molecule has 2 rings (SSSR count). The van der Waals surface area contributed by atoms with Crippen molar-refractivity contribution in [3.63, 3.8) is 0 Å². The molecule has 1 aromatic carbocycles. The Kier molecular flexibility index (Phi) is 4.46. The van der Waals surface area contributed by atoms with Crippen LogP contribution in [0.25, 0.3) is 10.9 Å². The number of hydrogen-bond acceptors (Lipinski definition) is 4. The number of rotatable bonds is 1. The average molecular weight is 439 g/mol. The fourth-order valence-corrected chi connectivity index (χ4v) is 1.45. The average Bonchev–Trinajstić information content (AvgIpc) is 2.26. The second-order valence-corrected chi connectivity index (χ2v) is 3.19. The van der Waals surface area contributed by atoms with E-state index in [9.17, 15) is 4.79 Å². The number of aryl methyl sites for hydroxylation is 1. The summed E-state index contributed by atoms with van der Waals surface area (Å²) in [6.45, 7) is 1.90. The molecule has 1 aromatic heterocycles. The Labute approximate surface area is 117 Å². The Morgan fingerprint density at radius 1 is 1.44 bits per heavy atom. The molecule has 4 nitrogen and oxygen atoms in total. The molecule has 0 aliphatic carbocycles. The summed E-state index contributed by atoms with van der Waals surface area (Å²) in [5.74, 6) is -0.393. The van der Waals surface area contributed by atoms with Crippen LogP contribution in [0.1, 0.15) is 15.9 Å². The second kappa shape index (κ2) is 5.42. The first kappa shape index (κ1) is 13.1. The van der Waals surface area contributed by atoms with Gasteiger partial charge >= 0.3 is 5.97 Å². The maximum Gasteiger partial charge on any atom is 0.330 e.